The van der Waals surface area contributed by atoms with Crippen molar-refractivity contribution in [2.45, 2.75) is 46.2 Å². The number of ether oxygens (including phenoxy) is 1. The van der Waals surface area contributed by atoms with Crippen LogP contribution in [0.15, 0.2) is 0 Å². The van der Waals surface area contributed by atoms with Gasteiger partial charge in [0, 0.05) is 37.8 Å². The molecule has 1 aliphatic rings. The minimum atomic E-state index is -0.110. The van der Waals surface area contributed by atoms with E-state index in [0.29, 0.717) is 0 Å². The van der Waals surface area contributed by atoms with Crippen molar-refractivity contribution >= 4 is 5.97 Å². The summed E-state index contributed by atoms with van der Waals surface area (Å²) in [7, 11) is 1.46. The van der Waals surface area contributed by atoms with E-state index in [0.717, 1.165) is 26.2 Å². The molecule has 0 N–H and O–H groups in total. The number of hydrogen-bond acceptors (Lipinski definition) is 4. The van der Waals surface area contributed by atoms with E-state index in [9.17, 15) is 4.79 Å². The van der Waals surface area contributed by atoms with Crippen molar-refractivity contribution in [2.75, 3.05) is 33.3 Å². The summed E-state index contributed by atoms with van der Waals surface area (Å²) in [5.41, 5.74) is 0.239. The van der Waals surface area contributed by atoms with Crippen molar-refractivity contribution in [1.82, 2.24) is 9.80 Å². The molecule has 106 valence electrons. The molecule has 0 aliphatic carbocycles. The van der Waals surface area contributed by atoms with Crippen LogP contribution in [0.25, 0.3) is 0 Å². The maximum atomic E-state index is 11.6. The molecule has 18 heavy (non-hydrogen) atoms. The van der Waals surface area contributed by atoms with Crippen molar-refractivity contribution in [3.8, 4) is 0 Å². The molecule has 4 nitrogen and oxygen atoms in total. The van der Waals surface area contributed by atoms with Gasteiger partial charge in [-0.1, -0.05) is 6.92 Å². The second-order valence-corrected chi connectivity index (χ2v) is 6.25. The second-order valence-electron chi connectivity index (χ2n) is 6.25. The van der Waals surface area contributed by atoms with Crippen LogP contribution in [0.2, 0.25) is 0 Å². The highest BCUT2D eigenvalue weighted by atomic mass is 16.5. The van der Waals surface area contributed by atoms with E-state index in [-0.39, 0.29) is 23.5 Å². The Hall–Kier alpha value is -0.610. The first-order chi connectivity index (χ1) is 8.27. The van der Waals surface area contributed by atoms with Crippen LogP contribution in [0.4, 0.5) is 0 Å². The zero-order valence-electron chi connectivity index (χ0n) is 12.7. The van der Waals surface area contributed by atoms with Crippen LogP contribution in [0.5, 0.6) is 0 Å². The van der Waals surface area contributed by atoms with Gasteiger partial charge >= 0.3 is 5.97 Å². The number of piperazine rings is 1. The maximum Gasteiger partial charge on any atom is 0.309 e. The van der Waals surface area contributed by atoms with Gasteiger partial charge < -0.3 is 4.74 Å². The molecule has 0 bridgehead atoms. The summed E-state index contributed by atoms with van der Waals surface area (Å²) in [5.74, 6) is -0.170. The zero-order valence-corrected chi connectivity index (χ0v) is 12.7. The average Bonchev–Trinajstić information content (AvgIpc) is 2.35. The molecule has 2 unspecified atom stereocenters. The largest absolute Gasteiger partial charge is 0.469 e. The topological polar surface area (TPSA) is 32.8 Å². The van der Waals surface area contributed by atoms with Gasteiger partial charge in [0.25, 0.3) is 0 Å². The Bertz CT molecular complexity index is 278. The predicted molar refractivity (Wildman–Crippen MR) is 73.5 cm³/mol. The van der Waals surface area contributed by atoms with E-state index in [1.165, 1.54) is 7.11 Å². The zero-order chi connectivity index (χ0) is 13.9. The van der Waals surface area contributed by atoms with Crippen LogP contribution < -0.4 is 0 Å². The monoisotopic (exact) mass is 256 g/mol. The summed E-state index contributed by atoms with van der Waals surface area (Å²) in [6.45, 7) is 15.0. The lowest BCUT2D eigenvalue weighted by Crippen LogP contribution is -2.56. The van der Waals surface area contributed by atoms with Crippen LogP contribution in [0, 0.1) is 5.92 Å². The molecule has 2 atom stereocenters. The number of rotatable bonds is 3. The van der Waals surface area contributed by atoms with E-state index >= 15 is 0 Å². The van der Waals surface area contributed by atoms with Gasteiger partial charge in [0.2, 0.25) is 0 Å². The molecule has 0 amide bonds. The van der Waals surface area contributed by atoms with E-state index in [4.69, 9.17) is 4.74 Å². The number of carbonyl (C=O) groups excluding carboxylic acids is 1. The minimum absolute atomic E-state index is 0.0591. The van der Waals surface area contributed by atoms with Crippen molar-refractivity contribution in [3.05, 3.63) is 0 Å². The maximum absolute atomic E-state index is 11.6. The molecule has 1 rings (SSSR count). The van der Waals surface area contributed by atoms with Gasteiger partial charge in [0.1, 0.15) is 0 Å². The van der Waals surface area contributed by atoms with Crippen LogP contribution in [-0.4, -0.2) is 60.6 Å². The number of esters is 1. The third-order valence-electron chi connectivity index (χ3n) is 4.14. The molecule has 1 aliphatic heterocycles. The molecule has 1 saturated heterocycles. The van der Waals surface area contributed by atoms with Gasteiger partial charge in [-0.25, -0.2) is 0 Å². The van der Waals surface area contributed by atoms with Crippen molar-refractivity contribution in [1.29, 1.82) is 0 Å². The highest BCUT2D eigenvalue weighted by Gasteiger charge is 2.31. The fourth-order valence-electron chi connectivity index (χ4n) is 2.50. The predicted octanol–water partition coefficient (Wildman–Crippen LogP) is 1.60. The normalized spacial score (nSPS) is 22.6. The first-order valence-electron chi connectivity index (χ1n) is 6.84. The molecule has 0 radical (unpaired) electrons. The summed E-state index contributed by atoms with van der Waals surface area (Å²) in [6.07, 6.45) is 0. The lowest BCUT2D eigenvalue weighted by Gasteiger charge is -2.44. The molecule has 4 heteroatoms. The lowest BCUT2D eigenvalue weighted by molar-refractivity contribution is -0.147. The summed E-state index contributed by atoms with van der Waals surface area (Å²) < 4.78 is 4.82. The number of hydrogen-bond donors (Lipinski definition) is 0. The van der Waals surface area contributed by atoms with Gasteiger partial charge in [0.15, 0.2) is 0 Å². The van der Waals surface area contributed by atoms with Crippen LogP contribution >= 0.6 is 0 Å². The average molecular weight is 256 g/mol. The third kappa shape index (κ3) is 3.69. The summed E-state index contributed by atoms with van der Waals surface area (Å²) >= 11 is 0. The third-order valence-corrected chi connectivity index (χ3v) is 4.14. The van der Waals surface area contributed by atoms with E-state index < -0.39 is 0 Å². The molecule has 0 aromatic rings. The quantitative estimate of drug-likeness (QED) is 0.718. The fraction of sp³-hybridized carbons (Fsp3) is 0.929. The Morgan fingerprint density at radius 3 is 2.00 bits per heavy atom. The molecular formula is C14H28N2O2. The SMILES string of the molecule is COC(=O)C(C)C(C)N1CCN(C(C)(C)C)CC1. The molecule has 1 heterocycles. The standard InChI is InChI=1S/C14H28N2O2/c1-11(13(17)18-6)12(2)15-7-9-16(10-8-15)14(3,4)5/h11-12H,7-10H2,1-6H3. The van der Waals surface area contributed by atoms with Gasteiger partial charge in [-0.05, 0) is 27.7 Å². The van der Waals surface area contributed by atoms with Crippen molar-refractivity contribution in [2.24, 2.45) is 5.92 Å². The van der Waals surface area contributed by atoms with E-state index in [1.807, 2.05) is 6.92 Å². The van der Waals surface area contributed by atoms with Gasteiger partial charge in [-0.15, -0.1) is 0 Å². The molecule has 0 saturated carbocycles. The first-order valence-corrected chi connectivity index (χ1v) is 6.84. The summed E-state index contributed by atoms with van der Waals surface area (Å²) in [6, 6.07) is 0.250. The van der Waals surface area contributed by atoms with E-state index in [1.54, 1.807) is 0 Å². The van der Waals surface area contributed by atoms with Crippen LogP contribution in [0.1, 0.15) is 34.6 Å². The minimum Gasteiger partial charge on any atom is -0.469 e. The summed E-state index contributed by atoms with van der Waals surface area (Å²) in [5, 5.41) is 0. The summed E-state index contributed by atoms with van der Waals surface area (Å²) in [4.78, 5) is 16.5. The smallest absolute Gasteiger partial charge is 0.309 e. The number of nitrogens with zero attached hydrogens (tertiary/aromatic N) is 2. The van der Waals surface area contributed by atoms with Gasteiger partial charge in [-0.2, -0.15) is 0 Å². The van der Waals surface area contributed by atoms with Crippen LogP contribution in [-0.2, 0) is 9.53 Å². The van der Waals surface area contributed by atoms with E-state index in [2.05, 4.69) is 37.5 Å². The Morgan fingerprint density at radius 2 is 1.61 bits per heavy atom. The number of carbonyl (C=O) groups is 1. The van der Waals surface area contributed by atoms with Gasteiger partial charge in [0.05, 0.1) is 13.0 Å². The molecule has 0 aromatic carbocycles. The Balaban J connectivity index is 2.50. The van der Waals surface area contributed by atoms with Gasteiger partial charge in [-0.3, -0.25) is 14.6 Å². The lowest BCUT2D eigenvalue weighted by atomic mass is 10.00. The molecular weight excluding hydrogens is 228 g/mol. The molecule has 1 fully saturated rings. The van der Waals surface area contributed by atoms with Crippen molar-refractivity contribution in [3.63, 3.8) is 0 Å². The number of methoxy groups -OCH3 is 1. The first kappa shape index (κ1) is 15.4. The Labute approximate surface area is 111 Å². The molecule has 0 spiro atoms. The van der Waals surface area contributed by atoms with Crippen molar-refractivity contribution < 1.29 is 9.53 Å². The van der Waals surface area contributed by atoms with Crippen LogP contribution in [0.3, 0.4) is 0 Å². The Kier molecular flexibility index (Phi) is 5.17. The highest BCUT2D eigenvalue weighted by Crippen LogP contribution is 2.19. The molecule has 0 aromatic heterocycles. The second kappa shape index (κ2) is 6.02. The Morgan fingerprint density at radius 1 is 1.11 bits per heavy atom. The fourth-order valence-corrected chi connectivity index (χ4v) is 2.50. The highest BCUT2D eigenvalue weighted by molar-refractivity contribution is 5.72.